The van der Waals surface area contributed by atoms with Gasteiger partial charge in [0.15, 0.2) is 0 Å². The number of carbonyl (C=O) groups excluding carboxylic acids is 1. The molecule has 1 atom stereocenters. The molecule has 2 aliphatic heterocycles. The lowest BCUT2D eigenvalue weighted by molar-refractivity contribution is 0.0660. The fourth-order valence-electron chi connectivity index (χ4n) is 3.37. The van der Waals surface area contributed by atoms with Crippen molar-refractivity contribution in [3.8, 4) is 5.75 Å². The maximum atomic E-state index is 13.0. The molecule has 2 aromatic rings. The van der Waals surface area contributed by atoms with Crippen molar-refractivity contribution in [3.05, 3.63) is 59.2 Å². The second-order valence-corrected chi connectivity index (χ2v) is 5.85. The zero-order valence-corrected chi connectivity index (χ0v) is 12.5. The summed E-state index contributed by atoms with van der Waals surface area (Å²) in [5.74, 6) is 0.795. The van der Waals surface area contributed by atoms with Gasteiger partial charge in [0.25, 0.3) is 5.91 Å². The number of hydrogen-bond donors (Lipinski definition) is 1. The predicted molar refractivity (Wildman–Crippen MR) is 85.3 cm³/mol. The van der Waals surface area contributed by atoms with Crippen LogP contribution in [0, 0.1) is 0 Å². The topological polar surface area (TPSA) is 41.6 Å². The third kappa shape index (κ3) is 2.03. The van der Waals surface area contributed by atoms with E-state index in [-0.39, 0.29) is 11.9 Å². The van der Waals surface area contributed by atoms with Gasteiger partial charge in [-0.1, -0.05) is 24.3 Å². The van der Waals surface area contributed by atoms with Crippen molar-refractivity contribution >= 4 is 11.6 Å². The first kappa shape index (κ1) is 13.2. The van der Waals surface area contributed by atoms with E-state index in [1.165, 1.54) is 11.1 Å². The number of methoxy groups -OCH3 is 1. The molecule has 2 aromatic carbocycles. The SMILES string of the molecule is COc1ccc2c(c1)C(=O)N1Cc3ccccc3CC1CN2. The van der Waals surface area contributed by atoms with E-state index in [1.807, 2.05) is 29.2 Å². The molecule has 0 aliphatic carbocycles. The lowest BCUT2D eigenvalue weighted by atomic mass is 9.94. The minimum atomic E-state index is 0.0819. The highest BCUT2D eigenvalue weighted by Crippen LogP contribution is 2.31. The van der Waals surface area contributed by atoms with Gasteiger partial charge in [0.05, 0.1) is 18.7 Å². The molecular weight excluding hydrogens is 276 g/mol. The lowest BCUT2D eigenvalue weighted by Crippen LogP contribution is -2.45. The van der Waals surface area contributed by atoms with E-state index >= 15 is 0 Å². The summed E-state index contributed by atoms with van der Waals surface area (Å²) in [4.78, 5) is 15.0. The number of nitrogens with zero attached hydrogens (tertiary/aromatic N) is 1. The van der Waals surface area contributed by atoms with Crippen molar-refractivity contribution in [2.24, 2.45) is 0 Å². The van der Waals surface area contributed by atoms with Gasteiger partial charge in [-0.15, -0.1) is 0 Å². The average molecular weight is 294 g/mol. The van der Waals surface area contributed by atoms with Crippen LogP contribution in [0.3, 0.4) is 0 Å². The van der Waals surface area contributed by atoms with Crippen LogP contribution in [0.1, 0.15) is 21.5 Å². The quantitative estimate of drug-likeness (QED) is 0.879. The standard InChI is InChI=1S/C18H18N2O2/c1-22-15-6-7-17-16(9-15)18(21)20-11-13-5-3-2-4-12(13)8-14(20)10-19-17/h2-7,9,14,19H,8,10-11H2,1H3. The molecule has 0 saturated heterocycles. The van der Waals surface area contributed by atoms with E-state index in [0.717, 1.165) is 18.7 Å². The van der Waals surface area contributed by atoms with E-state index in [0.29, 0.717) is 17.9 Å². The molecule has 0 radical (unpaired) electrons. The lowest BCUT2D eigenvalue weighted by Gasteiger charge is -2.35. The van der Waals surface area contributed by atoms with Crippen LogP contribution in [0.25, 0.3) is 0 Å². The molecule has 4 rings (SSSR count). The molecule has 4 heteroatoms. The molecule has 1 unspecified atom stereocenters. The van der Waals surface area contributed by atoms with Crippen molar-refractivity contribution in [2.45, 2.75) is 19.0 Å². The number of ether oxygens (including phenoxy) is 1. The van der Waals surface area contributed by atoms with Gasteiger partial charge in [0.1, 0.15) is 5.75 Å². The minimum Gasteiger partial charge on any atom is -0.497 e. The van der Waals surface area contributed by atoms with Crippen molar-refractivity contribution < 1.29 is 9.53 Å². The van der Waals surface area contributed by atoms with Crippen LogP contribution < -0.4 is 10.1 Å². The fourth-order valence-corrected chi connectivity index (χ4v) is 3.37. The largest absolute Gasteiger partial charge is 0.497 e. The molecule has 1 amide bonds. The molecule has 0 bridgehead atoms. The highest BCUT2D eigenvalue weighted by atomic mass is 16.5. The van der Waals surface area contributed by atoms with Gasteiger partial charge < -0.3 is 15.0 Å². The first-order valence-electron chi connectivity index (χ1n) is 7.56. The Bertz CT molecular complexity index is 742. The van der Waals surface area contributed by atoms with E-state index in [9.17, 15) is 4.79 Å². The number of anilines is 1. The Morgan fingerprint density at radius 1 is 1.18 bits per heavy atom. The smallest absolute Gasteiger partial charge is 0.256 e. The third-order valence-electron chi connectivity index (χ3n) is 4.60. The summed E-state index contributed by atoms with van der Waals surface area (Å²) in [7, 11) is 1.62. The van der Waals surface area contributed by atoms with Crippen LogP contribution in [-0.2, 0) is 13.0 Å². The van der Waals surface area contributed by atoms with Gasteiger partial charge in [0.2, 0.25) is 0 Å². The second-order valence-electron chi connectivity index (χ2n) is 5.85. The van der Waals surface area contributed by atoms with Crippen LogP contribution in [0.5, 0.6) is 5.75 Å². The van der Waals surface area contributed by atoms with Crippen LogP contribution >= 0.6 is 0 Å². The summed E-state index contributed by atoms with van der Waals surface area (Å²) in [5, 5.41) is 3.42. The molecule has 112 valence electrons. The highest BCUT2D eigenvalue weighted by Gasteiger charge is 2.33. The van der Waals surface area contributed by atoms with Crippen molar-refractivity contribution in [1.82, 2.24) is 4.90 Å². The number of fused-ring (bicyclic) bond motifs is 3. The summed E-state index contributed by atoms with van der Waals surface area (Å²) >= 11 is 0. The third-order valence-corrected chi connectivity index (χ3v) is 4.60. The van der Waals surface area contributed by atoms with Gasteiger partial charge in [-0.25, -0.2) is 0 Å². The van der Waals surface area contributed by atoms with Crippen molar-refractivity contribution in [2.75, 3.05) is 19.0 Å². The maximum absolute atomic E-state index is 13.0. The number of hydrogen-bond acceptors (Lipinski definition) is 3. The number of nitrogens with one attached hydrogen (secondary N) is 1. The Hall–Kier alpha value is -2.49. The molecule has 0 saturated carbocycles. The normalized spacial score (nSPS) is 19.4. The van der Waals surface area contributed by atoms with Gasteiger partial charge in [-0.2, -0.15) is 0 Å². The summed E-state index contributed by atoms with van der Waals surface area (Å²) in [6.07, 6.45) is 0.903. The molecule has 0 aromatic heterocycles. The summed E-state index contributed by atoms with van der Waals surface area (Å²) < 4.78 is 5.26. The monoisotopic (exact) mass is 294 g/mol. The Morgan fingerprint density at radius 2 is 2.00 bits per heavy atom. The van der Waals surface area contributed by atoms with Gasteiger partial charge in [-0.05, 0) is 35.7 Å². The van der Waals surface area contributed by atoms with E-state index in [1.54, 1.807) is 7.11 Å². The van der Waals surface area contributed by atoms with Gasteiger partial charge in [0, 0.05) is 18.8 Å². The summed E-state index contributed by atoms with van der Waals surface area (Å²) in [6, 6.07) is 14.2. The van der Waals surface area contributed by atoms with Crippen molar-refractivity contribution in [1.29, 1.82) is 0 Å². The van der Waals surface area contributed by atoms with Crippen LogP contribution in [0.2, 0.25) is 0 Å². The van der Waals surface area contributed by atoms with E-state index in [2.05, 4.69) is 23.5 Å². The molecule has 2 heterocycles. The first-order chi connectivity index (χ1) is 10.8. The van der Waals surface area contributed by atoms with Gasteiger partial charge >= 0.3 is 0 Å². The van der Waals surface area contributed by atoms with Gasteiger partial charge in [-0.3, -0.25) is 4.79 Å². The zero-order chi connectivity index (χ0) is 15.1. The molecular formula is C18H18N2O2. The molecule has 22 heavy (non-hydrogen) atoms. The molecule has 1 N–H and O–H groups in total. The van der Waals surface area contributed by atoms with Crippen LogP contribution in [0.4, 0.5) is 5.69 Å². The maximum Gasteiger partial charge on any atom is 0.256 e. The Balaban J connectivity index is 1.74. The molecule has 4 nitrogen and oxygen atoms in total. The highest BCUT2D eigenvalue weighted by molar-refractivity contribution is 6.01. The molecule has 2 aliphatic rings. The number of carbonyl (C=O) groups is 1. The summed E-state index contributed by atoms with van der Waals surface area (Å²) in [5.41, 5.74) is 4.19. The number of amides is 1. The fraction of sp³-hybridized carbons (Fsp3) is 0.278. The first-order valence-corrected chi connectivity index (χ1v) is 7.56. The van der Waals surface area contributed by atoms with Crippen LogP contribution in [0.15, 0.2) is 42.5 Å². The number of benzene rings is 2. The predicted octanol–water partition coefficient (Wildman–Crippen LogP) is 2.69. The molecule has 0 fully saturated rings. The second kappa shape index (κ2) is 5.05. The van der Waals surface area contributed by atoms with Crippen LogP contribution in [-0.4, -0.2) is 30.5 Å². The Labute approximate surface area is 129 Å². The Kier molecular flexibility index (Phi) is 3.03. The number of rotatable bonds is 1. The molecule has 0 spiro atoms. The summed E-state index contributed by atoms with van der Waals surface area (Å²) in [6.45, 7) is 1.46. The minimum absolute atomic E-state index is 0.0819. The van der Waals surface area contributed by atoms with E-state index < -0.39 is 0 Å². The average Bonchev–Trinajstić information content (AvgIpc) is 2.70. The van der Waals surface area contributed by atoms with E-state index in [4.69, 9.17) is 4.74 Å². The zero-order valence-electron chi connectivity index (χ0n) is 12.5. The van der Waals surface area contributed by atoms with Crippen molar-refractivity contribution in [3.63, 3.8) is 0 Å². The Morgan fingerprint density at radius 3 is 2.82 bits per heavy atom.